The van der Waals surface area contributed by atoms with Gasteiger partial charge in [-0.2, -0.15) is 0 Å². The van der Waals surface area contributed by atoms with E-state index in [2.05, 4.69) is 93.1 Å². The molecule has 0 radical (unpaired) electrons. The van der Waals surface area contributed by atoms with Crippen LogP contribution in [0.5, 0.6) is 0 Å². The summed E-state index contributed by atoms with van der Waals surface area (Å²) < 4.78 is 13.7. The molecule has 0 aromatic heterocycles. The SMILES string of the molecule is C=C1C(=O)C[C@@H](O[Si](C)(C)C(C)(C)C)[C@@H]1C#C[C@@](C)(O[Si](C)(C)C(C)(C)C)C1CCCC1. The number of hydrogen-bond donors (Lipinski definition) is 0. The van der Waals surface area contributed by atoms with Crippen molar-refractivity contribution in [2.75, 3.05) is 0 Å². The van der Waals surface area contributed by atoms with E-state index >= 15 is 0 Å². The van der Waals surface area contributed by atoms with Gasteiger partial charge in [-0.3, -0.25) is 4.79 Å². The third-order valence-corrected chi connectivity index (χ3v) is 17.7. The second-order valence-corrected chi connectivity index (χ2v) is 22.7. The first-order valence-corrected chi connectivity index (χ1v) is 18.2. The van der Waals surface area contributed by atoms with Crippen molar-refractivity contribution in [2.24, 2.45) is 11.8 Å². The Hall–Kier alpha value is -0.676. The first kappa shape index (κ1) is 27.6. The minimum atomic E-state index is -2.02. The largest absolute Gasteiger partial charge is 0.412 e. The zero-order valence-electron chi connectivity index (χ0n) is 22.7. The number of Topliss-reactive ketones (excluding diaryl/α,β-unsaturated/α-hetero) is 1. The van der Waals surface area contributed by atoms with Gasteiger partial charge in [0.2, 0.25) is 0 Å². The molecular weight excluding hydrogens is 428 g/mol. The molecule has 2 aliphatic rings. The molecule has 0 heterocycles. The molecule has 0 amide bonds. The molecule has 2 saturated carbocycles. The third kappa shape index (κ3) is 5.87. The van der Waals surface area contributed by atoms with E-state index in [1.807, 2.05) is 0 Å². The first-order chi connectivity index (χ1) is 14.3. The Bertz CT molecular complexity index is 782. The van der Waals surface area contributed by atoms with E-state index in [-0.39, 0.29) is 27.9 Å². The molecule has 5 heteroatoms. The normalized spacial score (nSPS) is 25.6. The molecule has 2 rings (SSSR count). The van der Waals surface area contributed by atoms with Crippen LogP contribution in [0.3, 0.4) is 0 Å². The summed E-state index contributed by atoms with van der Waals surface area (Å²) in [6.45, 7) is 29.0. The van der Waals surface area contributed by atoms with Crippen molar-refractivity contribution in [3.8, 4) is 11.8 Å². The molecule has 0 aromatic rings. The summed E-state index contributed by atoms with van der Waals surface area (Å²) in [5, 5.41) is 0.206. The average Bonchev–Trinajstić information content (AvgIpc) is 3.21. The lowest BCUT2D eigenvalue weighted by atomic mass is 9.87. The van der Waals surface area contributed by atoms with Gasteiger partial charge in [-0.25, -0.2) is 0 Å². The highest BCUT2D eigenvalue weighted by atomic mass is 28.4. The molecule has 32 heavy (non-hydrogen) atoms. The fourth-order valence-corrected chi connectivity index (χ4v) is 7.18. The topological polar surface area (TPSA) is 35.5 Å². The number of rotatable bonds is 5. The van der Waals surface area contributed by atoms with E-state index in [9.17, 15) is 4.79 Å². The lowest BCUT2D eigenvalue weighted by Gasteiger charge is -2.44. The highest BCUT2D eigenvalue weighted by Gasteiger charge is 2.47. The van der Waals surface area contributed by atoms with Crippen LogP contribution >= 0.6 is 0 Å². The molecule has 2 aliphatic carbocycles. The van der Waals surface area contributed by atoms with Gasteiger partial charge in [0.1, 0.15) is 5.60 Å². The summed E-state index contributed by atoms with van der Waals surface area (Å²) in [5.41, 5.74) is 0.120. The van der Waals surface area contributed by atoms with Crippen LogP contribution in [0.1, 0.15) is 80.6 Å². The van der Waals surface area contributed by atoms with Gasteiger partial charge in [0, 0.05) is 12.0 Å². The monoisotopic (exact) mass is 476 g/mol. The Labute approximate surface area is 200 Å². The fourth-order valence-electron chi connectivity index (χ4n) is 4.27. The van der Waals surface area contributed by atoms with Crippen molar-refractivity contribution in [1.82, 2.24) is 0 Å². The summed E-state index contributed by atoms with van der Waals surface area (Å²) in [5.74, 6) is 7.40. The summed E-state index contributed by atoms with van der Waals surface area (Å²) in [4.78, 5) is 12.6. The minimum absolute atomic E-state index is 0.0851. The Morgan fingerprint density at radius 3 is 1.88 bits per heavy atom. The lowest BCUT2D eigenvalue weighted by Crippen LogP contribution is -2.50. The van der Waals surface area contributed by atoms with Gasteiger partial charge in [0.25, 0.3) is 0 Å². The van der Waals surface area contributed by atoms with Crippen molar-refractivity contribution in [3.63, 3.8) is 0 Å². The molecule has 0 aromatic carbocycles. The van der Waals surface area contributed by atoms with Gasteiger partial charge in [-0.05, 0) is 61.9 Å². The van der Waals surface area contributed by atoms with Crippen LogP contribution in [0, 0.1) is 23.7 Å². The number of carbonyl (C=O) groups excluding carboxylic acids is 1. The van der Waals surface area contributed by atoms with Gasteiger partial charge < -0.3 is 8.85 Å². The molecule has 0 unspecified atom stereocenters. The van der Waals surface area contributed by atoms with Crippen molar-refractivity contribution in [2.45, 2.75) is 129 Å². The molecule has 3 nitrogen and oxygen atoms in total. The van der Waals surface area contributed by atoms with E-state index < -0.39 is 22.2 Å². The maximum atomic E-state index is 12.6. The predicted octanol–water partition coefficient (Wildman–Crippen LogP) is 7.50. The standard InChI is InChI=1S/C27H48O3Si2/c1-20-22(24(19-23(20)28)29-31(9,10)25(2,3)4)17-18-27(8,21-15-13-14-16-21)30-32(11,12)26(5,6)7/h21-22,24H,1,13-16,19H2,2-12H3/t22-,24-,27-/m1/s1. The van der Waals surface area contributed by atoms with E-state index in [1.54, 1.807) is 0 Å². The van der Waals surface area contributed by atoms with Crippen LogP contribution in [-0.2, 0) is 13.6 Å². The van der Waals surface area contributed by atoms with Crippen LogP contribution in [0.2, 0.25) is 36.3 Å². The number of hydrogen-bond acceptors (Lipinski definition) is 3. The summed E-state index contributed by atoms with van der Waals surface area (Å²) in [7, 11) is -4.03. The zero-order valence-corrected chi connectivity index (χ0v) is 24.7. The second kappa shape index (κ2) is 9.17. The highest BCUT2D eigenvalue weighted by molar-refractivity contribution is 6.74. The predicted molar refractivity (Wildman–Crippen MR) is 141 cm³/mol. The third-order valence-electron chi connectivity index (χ3n) is 8.63. The summed E-state index contributed by atoms with van der Waals surface area (Å²) >= 11 is 0. The number of carbonyl (C=O) groups is 1. The Balaban J connectivity index is 2.40. The molecule has 3 atom stereocenters. The minimum Gasteiger partial charge on any atom is -0.412 e. The highest BCUT2D eigenvalue weighted by Crippen LogP contribution is 2.45. The van der Waals surface area contributed by atoms with Crippen molar-refractivity contribution in [3.05, 3.63) is 12.2 Å². The smallest absolute Gasteiger partial charge is 0.194 e. The Morgan fingerprint density at radius 2 is 1.41 bits per heavy atom. The van der Waals surface area contributed by atoms with Crippen molar-refractivity contribution in [1.29, 1.82) is 0 Å². The zero-order chi connectivity index (χ0) is 24.8. The van der Waals surface area contributed by atoms with Crippen LogP contribution in [0.15, 0.2) is 12.2 Å². The lowest BCUT2D eigenvalue weighted by molar-refractivity contribution is -0.115. The molecule has 0 N–H and O–H groups in total. The van der Waals surface area contributed by atoms with Gasteiger partial charge in [-0.15, -0.1) is 0 Å². The maximum absolute atomic E-state index is 12.6. The molecule has 0 spiro atoms. The average molecular weight is 477 g/mol. The van der Waals surface area contributed by atoms with E-state index in [1.165, 1.54) is 12.8 Å². The first-order valence-electron chi connectivity index (χ1n) is 12.4. The molecule has 0 bridgehead atoms. The second-order valence-electron chi connectivity index (χ2n) is 13.3. The summed E-state index contributed by atoms with van der Waals surface area (Å²) in [6, 6.07) is 0. The quantitative estimate of drug-likeness (QED) is 0.234. The Kier molecular flexibility index (Phi) is 7.90. The molecule has 182 valence electrons. The van der Waals surface area contributed by atoms with Crippen molar-refractivity contribution >= 4 is 22.4 Å². The van der Waals surface area contributed by atoms with E-state index in [0.717, 1.165) is 12.8 Å². The van der Waals surface area contributed by atoms with Crippen LogP contribution in [-0.4, -0.2) is 34.1 Å². The molecular formula is C27H48O3Si2. The van der Waals surface area contributed by atoms with Gasteiger partial charge in [0.15, 0.2) is 22.4 Å². The van der Waals surface area contributed by atoms with Gasteiger partial charge >= 0.3 is 0 Å². The van der Waals surface area contributed by atoms with Crippen molar-refractivity contribution < 1.29 is 13.6 Å². The molecule has 2 fully saturated rings. The van der Waals surface area contributed by atoms with Crippen LogP contribution in [0.25, 0.3) is 0 Å². The van der Waals surface area contributed by atoms with Gasteiger partial charge in [-0.1, -0.05) is 72.8 Å². The van der Waals surface area contributed by atoms with E-state index in [0.29, 0.717) is 17.9 Å². The summed E-state index contributed by atoms with van der Waals surface area (Å²) in [6.07, 6.45) is 5.02. The molecule has 0 saturated heterocycles. The molecule has 0 aliphatic heterocycles. The fraction of sp³-hybridized carbons (Fsp3) is 0.815. The van der Waals surface area contributed by atoms with Crippen LogP contribution in [0.4, 0.5) is 0 Å². The maximum Gasteiger partial charge on any atom is 0.194 e. The number of ketones is 1. The van der Waals surface area contributed by atoms with Gasteiger partial charge in [0.05, 0.1) is 12.0 Å². The van der Waals surface area contributed by atoms with Crippen LogP contribution < -0.4 is 0 Å². The van der Waals surface area contributed by atoms with E-state index in [4.69, 9.17) is 8.85 Å². The Morgan fingerprint density at radius 1 is 0.906 bits per heavy atom.